The summed E-state index contributed by atoms with van der Waals surface area (Å²) in [4.78, 5) is 6.80. The van der Waals surface area contributed by atoms with Crippen LogP contribution in [-0.4, -0.2) is 38.4 Å². The van der Waals surface area contributed by atoms with Crippen LogP contribution in [0.25, 0.3) is 5.52 Å². The van der Waals surface area contributed by atoms with E-state index in [2.05, 4.69) is 53.2 Å². The lowest BCUT2D eigenvalue weighted by molar-refractivity contribution is 0.567. The van der Waals surface area contributed by atoms with E-state index < -0.39 is 0 Å². The first-order valence-electron chi connectivity index (χ1n) is 8.78. The molecule has 0 aliphatic carbocycles. The molecule has 7 heteroatoms. The molecule has 0 saturated heterocycles. The number of hydrogen-bond donors (Lipinski definition) is 2. The first-order valence-corrected chi connectivity index (χ1v) is 8.78. The topological polar surface area (TPSA) is 74.1 Å². The highest BCUT2D eigenvalue weighted by Crippen LogP contribution is 2.25. The van der Waals surface area contributed by atoms with Crippen molar-refractivity contribution in [3.63, 3.8) is 0 Å². The summed E-state index contributed by atoms with van der Waals surface area (Å²) in [5.74, 6) is 2.21. The van der Waals surface area contributed by atoms with Crippen molar-refractivity contribution in [2.45, 2.75) is 46.0 Å². The molecular formula is C18H27N7. The van der Waals surface area contributed by atoms with E-state index in [1.807, 2.05) is 36.0 Å². The van der Waals surface area contributed by atoms with Crippen molar-refractivity contribution < 1.29 is 0 Å². The summed E-state index contributed by atoms with van der Waals surface area (Å²) < 4.78 is 1.85. The van der Waals surface area contributed by atoms with Crippen LogP contribution in [0.5, 0.6) is 0 Å². The molecule has 0 unspecified atom stereocenters. The fourth-order valence-corrected chi connectivity index (χ4v) is 2.56. The fraction of sp³-hybridized carbons (Fsp3) is 0.500. The minimum absolute atomic E-state index is 0.0223. The number of nitrogens with one attached hydrogen (secondary N) is 2. The Labute approximate surface area is 148 Å². The molecule has 0 aliphatic heterocycles. The summed E-state index contributed by atoms with van der Waals surface area (Å²) in [7, 11) is 2.02. The van der Waals surface area contributed by atoms with Gasteiger partial charge in [-0.05, 0) is 18.6 Å². The van der Waals surface area contributed by atoms with Gasteiger partial charge in [0.25, 0.3) is 0 Å². The lowest BCUT2D eigenvalue weighted by Gasteiger charge is -2.18. The zero-order valence-corrected chi connectivity index (χ0v) is 15.7. The van der Waals surface area contributed by atoms with Gasteiger partial charge in [-0.15, -0.1) is 5.10 Å². The van der Waals surface area contributed by atoms with E-state index in [1.54, 1.807) is 0 Å². The second-order valence-corrected chi connectivity index (χ2v) is 7.42. The predicted octanol–water partition coefficient (Wildman–Crippen LogP) is 3.73. The van der Waals surface area contributed by atoms with Gasteiger partial charge in [-0.2, -0.15) is 10.1 Å². The van der Waals surface area contributed by atoms with E-state index in [0.717, 1.165) is 42.2 Å². The minimum atomic E-state index is 0.0223. The Morgan fingerprint density at radius 3 is 2.80 bits per heavy atom. The summed E-state index contributed by atoms with van der Waals surface area (Å²) in [6.45, 7) is 9.57. The Balaban J connectivity index is 1.92. The Bertz CT molecular complexity index is 841. The molecule has 3 aromatic rings. The highest BCUT2D eigenvalue weighted by atomic mass is 15.4. The second-order valence-electron chi connectivity index (χ2n) is 7.42. The number of aromatic amines is 1. The molecule has 0 radical (unpaired) electrons. The maximum atomic E-state index is 4.72. The number of fused-ring (bicyclic) bond motifs is 1. The molecule has 2 N–H and O–H groups in total. The molecule has 7 nitrogen and oxygen atoms in total. The van der Waals surface area contributed by atoms with Crippen LogP contribution in [0.4, 0.5) is 17.6 Å². The van der Waals surface area contributed by atoms with Gasteiger partial charge in [0.1, 0.15) is 5.52 Å². The van der Waals surface area contributed by atoms with Crippen LogP contribution < -0.4 is 10.2 Å². The monoisotopic (exact) mass is 341 g/mol. The first-order chi connectivity index (χ1) is 11.9. The molecule has 0 aliphatic rings. The third kappa shape index (κ3) is 3.75. The van der Waals surface area contributed by atoms with Crippen molar-refractivity contribution in [1.82, 2.24) is 24.8 Å². The average molecular weight is 341 g/mol. The van der Waals surface area contributed by atoms with Crippen LogP contribution >= 0.6 is 0 Å². The lowest BCUT2D eigenvalue weighted by atomic mass is 9.92. The average Bonchev–Trinajstić information content (AvgIpc) is 3.20. The van der Waals surface area contributed by atoms with Crippen LogP contribution in [0.3, 0.4) is 0 Å². The Morgan fingerprint density at radius 1 is 1.32 bits per heavy atom. The Hall–Kier alpha value is -2.57. The molecule has 0 aromatic carbocycles. The minimum Gasteiger partial charge on any atom is -0.343 e. The molecule has 0 fully saturated rings. The number of anilines is 3. The van der Waals surface area contributed by atoms with Crippen LogP contribution in [0.2, 0.25) is 0 Å². The molecule has 0 amide bonds. The van der Waals surface area contributed by atoms with Gasteiger partial charge < -0.3 is 10.2 Å². The third-order valence-corrected chi connectivity index (χ3v) is 4.20. The van der Waals surface area contributed by atoms with E-state index >= 15 is 0 Å². The van der Waals surface area contributed by atoms with Crippen LogP contribution in [0.1, 0.15) is 46.2 Å². The number of H-pyrrole nitrogens is 1. The number of aromatic nitrogens is 5. The molecule has 134 valence electrons. The summed E-state index contributed by atoms with van der Waals surface area (Å²) in [6, 6.07) is 5.99. The summed E-state index contributed by atoms with van der Waals surface area (Å²) >= 11 is 0. The number of unbranched alkanes of at least 4 members (excludes halogenated alkanes) is 1. The number of nitrogens with zero attached hydrogens (tertiary/aromatic N) is 5. The molecule has 0 bridgehead atoms. The number of hydrogen-bond acceptors (Lipinski definition) is 5. The second kappa shape index (κ2) is 6.74. The van der Waals surface area contributed by atoms with E-state index in [4.69, 9.17) is 4.98 Å². The molecule has 0 atom stereocenters. The molecule has 3 heterocycles. The van der Waals surface area contributed by atoms with Gasteiger partial charge in [-0.3, -0.25) is 5.10 Å². The Morgan fingerprint density at radius 2 is 2.12 bits per heavy atom. The molecule has 3 aromatic heterocycles. The van der Waals surface area contributed by atoms with Crippen LogP contribution in [0.15, 0.2) is 24.4 Å². The standard InChI is InChI=1S/C18H27N7/c1-6-7-10-24(5)17-20-16(13-9-8-11-25(13)23-17)19-15-12-14(21-22-15)18(2,3)4/h8-9,11-12H,6-7,10H2,1-5H3,(H2,19,20,21,22,23). The lowest BCUT2D eigenvalue weighted by Crippen LogP contribution is -2.22. The van der Waals surface area contributed by atoms with E-state index in [1.165, 1.54) is 0 Å². The maximum absolute atomic E-state index is 4.72. The van der Waals surface area contributed by atoms with Crippen molar-refractivity contribution in [1.29, 1.82) is 0 Å². The molecule has 25 heavy (non-hydrogen) atoms. The van der Waals surface area contributed by atoms with Crippen molar-refractivity contribution in [3.05, 3.63) is 30.1 Å². The van der Waals surface area contributed by atoms with Crippen LogP contribution in [-0.2, 0) is 5.41 Å². The normalized spacial score (nSPS) is 11.9. The third-order valence-electron chi connectivity index (χ3n) is 4.20. The maximum Gasteiger partial charge on any atom is 0.245 e. The molecule has 3 rings (SSSR count). The van der Waals surface area contributed by atoms with Gasteiger partial charge in [0.05, 0.1) is 0 Å². The van der Waals surface area contributed by atoms with E-state index in [-0.39, 0.29) is 5.41 Å². The van der Waals surface area contributed by atoms with Gasteiger partial charge in [0.15, 0.2) is 11.6 Å². The summed E-state index contributed by atoms with van der Waals surface area (Å²) in [5, 5.41) is 15.4. The fourth-order valence-electron chi connectivity index (χ4n) is 2.56. The largest absolute Gasteiger partial charge is 0.343 e. The van der Waals surface area contributed by atoms with Crippen molar-refractivity contribution in [2.24, 2.45) is 0 Å². The molecule has 0 saturated carbocycles. The van der Waals surface area contributed by atoms with Crippen molar-refractivity contribution >= 4 is 23.1 Å². The highest BCUT2D eigenvalue weighted by Gasteiger charge is 2.18. The van der Waals surface area contributed by atoms with Gasteiger partial charge in [-0.1, -0.05) is 34.1 Å². The molecule has 0 spiro atoms. The SMILES string of the molecule is CCCCN(C)c1nc(Nc2cc(C(C)(C)C)[nH]n2)c2cccn2n1. The summed E-state index contributed by atoms with van der Waals surface area (Å²) in [5.41, 5.74) is 2.03. The van der Waals surface area contributed by atoms with Crippen LogP contribution in [0, 0.1) is 0 Å². The Kier molecular flexibility index (Phi) is 4.65. The first kappa shape index (κ1) is 17.3. The van der Waals surface area contributed by atoms with Crippen molar-refractivity contribution in [3.8, 4) is 0 Å². The number of rotatable bonds is 6. The van der Waals surface area contributed by atoms with E-state index in [0.29, 0.717) is 5.95 Å². The van der Waals surface area contributed by atoms with Gasteiger partial charge in [0.2, 0.25) is 5.95 Å². The van der Waals surface area contributed by atoms with Gasteiger partial charge in [-0.25, -0.2) is 4.52 Å². The van der Waals surface area contributed by atoms with Gasteiger partial charge in [0, 0.05) is 37.0 Å². The molecular weight excluding hydrogens is 314 g/mol. The highest BCUT2D eigenvalue weighted by molar-refractivity contribution is 5.73. The predicted molar refractivity (Wildman–Crippen MR) is 102 cm³/mol. The van der Waals surface area contributed by atoms with Gasteiger partial charge >= 0.3 is 0 Å². The quantitative estimate of drug-likeness (QED) is 0.714. The summed E-state index contributed by atoms with van der Waals surface area (Å²) in [6.07, 6.45) is 4.19. The van der Waals surface area contributed by atoms with Crippen molar-refractivity contribution in [2.75, 3.05) is 23.8 Å². The smallest absolute Gasteiger partial charge is 0.245 e. The zero-order valence-electron chi connectivity index (χ0n) is 15.7. The van der Waals surface area contributed by atoms with E-state index in [9.17, 15) is 0 Å². The zero-order chi connectivity index (χ0) is 18.0.